The van der Waals surface area contributed by atoms with Crippen molar-refractivity contribution in [3.05, 3.63) is 71.7 Å². The molecule has 0 aliphatic carbocycles. The van der Waals surface area contributed by atoms with Crippen LogP contribution in [0.4, 0.5) is 5.69 Å². The normalized spacial score (nSPS) is 12.3. The van der Waals surface area contributed by atoms with Crippen LogP contribution in [0, 0.1) is 11.3 Å². The van der Waals surface area contributed by atoms with Gasteiger partial charge in [0, 0.05) is 17.8 Å². The van der Waals surface area contributed by atoms with Crippen molar-refractivity contribution in [1.82, 2.24) is 14.6 Å². The highest BCUT2D eigenvalue weighted by atomic mass is 16.3. The van der Waals surface area contributed by atoms with Gasteiger partial charge in [0.15, 0.2) is 5.69 Å². The summed E-state index contributed by atoms with van der Waals surface area (Å²) in [5.41, 5.74) is 14.0. The van der Waals surface area contributed by atoms with Crippen molar-refractivity contribution < 1.29 is 14.0 Å². The second-order valence-electron chi connectivity index (χ2n) is 8.54. The number of anilines is 1. The fraction of sp³-hybridized carbons (Fsp3) is 0.208. The molecule has 0 spiro atoms. The quantitative estimate of drug-likeness (QED) is 0.384. The number of nitrogens with two attached hydrogens (primary N) is 2. The maximum Gasteiger partial charge on any atom is 0.270 e. The highest BCUT2D eigenvalue weighted by Gasteiger charge is 2.34. The number of carbonyl (C=O) groups is 2. The zero-order valence-corrected chi connectivity index (χ0v) is 18.9. The van der Waals surface area contributed by atoms with Crippen LogP contribution < -0.4 is 16.8 Å². The average Bonchev–Trinajstić information content (AvgIpc) is 3.47. The molecule has 0 radical (unpaired) electrons. The summed E-state index contributed by atoms with van der Waals surface area (Å²) in [4.78, 5) is 27.9. The molecule has 2 amide bonds. The summed E-state index contributed by atoms with van der Waals surface area (Å²) in [5.74, 6) is -0.988. The van der Waals surface area contributed by atoms with Gasteiger partial charge >= 0.3 is 0 Å². The van der Waals surface area contributed by atoms with Gasteiger partial charge in [-0.1, -0.05) is 12.1 Å². The van der Waals surface area contributed by atoms with Crippen molar-refractivity contribution in [2.45, 2.75) is 32.2 Å². The topological polar surface area (TPSA) is 165 Å². The maximum atomic E-state index is 12.2. The van der Waals surface area contributed by atoms with Crippen molar-refractivity contribution in [2.24, 2.45) is 11.5 Å². The Kier molecular flexibility index (Phi) is 5.55. The van der Waals surface area contributed by atoms with Gasteiger partial charge in [-0.3, -0.25) is 9.59 Å². The summed E-state index contributed by atoms with van der Waals surface area (Å²) >= 11 is 0. The van der Waals surface area contributed by atoms with Crippen LogP contribution in [0.3, 0.4) is 0 Å². The Morgan fingerprint density at radius 1 is 1.18 bits per heavy atom. The van der Waals surface area contributed by atoms with Crippen molar-refractivity contribution >= 4 is 23.0 Å². The summed E-state index contributed by atoms with van der Waals surface area (Å²) < 4.78 is 7.16. The molecule has 0 saturated heterocycles. The van der Waals surface area contributed by atoms with Gasteiger partial charge < -0.3 is 21.2 Å². The summed E-state index contributed by atoms with van der Waals surface area (Å²) in [6, 6.07) is 10.8. The van der Waals surface area contributed by atoms with Crippen LogP contribution >= 0.6 is 0 Å². The van der Waals surface area contributed by atoms with E-state index in [0.29, 0.717) is 22.7 Å². The number of nitrogens with one attached hydrogen (secondary N) is 1. The minimum Gasteiger partial charge on any atom is -0.447 e. The minimum atomic E-state index is -0.689. The van der Waals surface area contributed by atoms with Crippen LogP contribution in [0.15, 0.2) is 53.4 Å². The van der Waals surface area contributed by atoms with E-state index in [4.69, 9.17) is 21.1 Å². The zero-order valence-electron chi connectivity index (χ0n) is 18.9. The summed E-state index contributed by atoms with van der Waals surface area (Å²) in [6.07, 6.45) is 4.47. The number of oxazole rings is 1. The predicted octanol–water partition coefficient (Wildman–Crippen LogP) is 2.84. The van der Waals surface area contributed by atoms with E-state index in [0.717, 1.165) is 11.1 Å². The van der Waals surface area contributed by atoms with E-state index in [9.17, 15) is 9.59 Å². The second kappa shape index (κ2) is 8.37. The van der Waals surface area contributed by atoms with Gasteiger partial charge in [-0.2, -0.15) is 10.4 Å². The Morgan fingerprint density at radius 3 is 2.47 bits per heavy atom. The predicted molar refractivity (Wildman–Crippen MR) is 125 cm³/mol. The third-order valence-corrected chi connectivity index (χ3v) is 6.00. The van der Waals surface area contributed by atoms with E-state index in [1.54, 1.807) is 16.6 Å². The van der Waals surface area contributed by atoms with Crippen LogP contribution in [0.25, 0.3) is 16.6 Å². The number of amides is 2. The van der Waals surface area contributed by atoms with E-state index >= 15 is 0 Å². The first-order valence-electron chi connectivity index (χ1n) is 10.5. The molecule has 5 N–H and O–H groups in total. The fourth-order valence-electron chi connectivity index (χ4n) is 3.56. The molecular weight excluding hydrogens is 434 g/mol. The maximum absolute atomic E-state index is 12.2. The minimum absolute atomic E-state index is 0.0399. The molecule has 10 nitrogen and oxygen atoms in total. The van der Waals surface area contributed by atoms with Crippen LogP contribution in [-0.4, -0.2) is 32.5 Å². The first kappa shape index (κ1) is 22.5. The third kappa shape index (κ3) is 3.95. The molecule has 0 unspecified atom stereocenters. The molecule has 3 aromatic heterocycles. The van der Waals surface area contributed by atoms with Crippen LogP contribution in [0.2, 0.25) is 0 Å². The first-order chi connectivity index (χ1) is 16.1. The fourth-order valence-corrected chi connectivity index (χ4v) is 3.56. The summed E-state index contributed by atoms with van der Waals surface area (Å²) in [7, 11) is 0. The van der Waals surface area contributed by atoms with Crippen molar-refractivity contribution in [1.29, 1.82) is 5.26 Å². The van der Waals surface area contributed by atoms with Gasteiger partial charge in [0.25, 0.3) is 11.8 Å². The molecule has 0 bridgehead atoms. The SMILES string of the molecule is C[C@@H](Nc1c(C(N)=O)cnn2cc(-c3ccc(C#N)cc3)cc12)C(C)(C)c1nc(C(N)=O)co1. The molecule has 4 rings (SSSR count). The van der Waals surface area contributed by atoms with Crippen LogP contribution in [0.1, 0.15) is 53.1 Å². The number of primary amides is 2. The van der Waals surface area contributed by atoms with E-state index in [1.807, 2.05) is 45.2 Å². The van der Waals surface area contributed by atoms with Gasteiger partial charge in [-0.05, 0) is 44.5 Å². The molecule has 4 aromatic rings. The Bertz CT molecular complexity index is 1440. The summed E-state index contributed by atoms with van der Waals surface area (Å²) in [5, 5.41) is 16.8. The molecule has 172 valence electrons. The van der Waals surface area contributed by atoms with Crippen molar-refractivity contribution in [3.63, 3.8) is 0 Å². The molecular formula is C24H23N7O3. The van der Waals surface area contributed by atoms with E-state index in [1.165, 1.54) is 12.5 Å². The van der Waals surface area contributed by atoms with E-state index in [-0.39, 0.29) is 17.3 Å². The lowest BCUT2D eigenvalue weighted by Gasteiger charge is -2.30. The number of hydrogen-bond donors (Lipinski definition) is 3. The number of nitriles is 1. The number of benzene rings is 1. The van der Waals surface area contributed by atoms with Crippen LogP contribution in [-0.2, 0) is 5.41 Å². The molecule has 10 heteroatoms. The lowest BCUT2D eigenvalue weighted by atomic mass is 9.85. The highest BCUT2D eigenvalue weighted by Crippen LogP contribution is 2.33. The monoisotopic (exact) mass is 457 g/mol. The zero-order chi connectivity index (χ0) is 24.6. The van der Waals surface area contributed by atoms with Gasteiger partial charge in [0.05, 0.1) is 40.0 Å². The lowest BCUT2D eigenvalue weighted by Crippen LogP contribution is -2.38. The third-order valence-electron chi connectivity index (χ3n) is 6.00. The molecule has 1 aromatic carbocycles. The average molecular weight is 457 g/mol. The van der Waals surface area contributed by atoms with Crippen LogP contribution in [0.5, 0.6) is 0 Å². The first-order valence-corrected chi connectivity index (χ1v) is 10.5. The lowest BCUT2D eigenvalue weighted by molar-refractivity contribution is 0.0989. The number of rotatable bonds is 7. The number of hydrogen-bond acceptors (Lipinski definition) is 7. The Morgan fingerprint density at radius 2 is 1.88 bits per heavy atom. The summed E-state index contributed by atoms with van der Waals surface area (Å²) in [6.45, 7) is 5.69. The number of fused-ring (bicyclic) bond motifs is 1. The number of carbonyl (C=O) groups excluding carboxylic acids is 2. The molecule has 0 aliphatic heterocycles. The van der Waals surface area contributed by atoms with Gasteiger partial charge in [0.1, 0.15) is 6.26 Å². The van der Waals surface area contributed by atoms with Crippen molar-refractivity contribution in [3.8, 4) is 17.2 Å². The van der Waals surface area contributed by atoms with Gasteiger partial charge in [-0.15, -0.1) is 0 Å². The molecule has 1 atom stereocenters. The van der Waals surface area contributed by atoms with E-state index < -0.39 is 17.2 Å². The molecule has 0 aliphatic rings. The molecule has 0 saturated carbocycles. The largest absolute Gasteiger partial charge is 0.447 e. The smallest absolute Gasteiger partial charge is 0.270 e. The highest BCUT2D eigenvalue weighted by molar-refractivity contribution is 6.02. The standard InChI is InChI=1S/C24H23N7O3/c1-13(24(2,3)23-30-18(12-34-23)22(27)33)29-20-17(21(26)32)10-28-31-11-16(8-19(20)31)15-6-4-14(9-25)5-7-15/h4-8,10-13,29H,1-3H3,(H2,26,32)(H2,27,33)/t13-/m1/s1. The Balaban J connectivity index is 1.75. The van der Waals surface area contributed by atoms with E-state index in [2.05, 4.69) is 21.5 Å². The van der Waals surface area contributed by atoms with Gasteiger partial charge in [-0.25, -0.2) is 9.50 Å². The Labute approximate surface area is 195 Å². The second-order valence-corrected chi connectivity index (χ2v) is 8.54. The number of nitrogens with zero attached hydrogens (tertiary/aromatic N) is 4. The van der Waals surface area contributed by atoms with Gasteiger partial charge in [0.2, 0.25) is 5.89 Å². The molecule has 3 heterocycles. The van der Waals surface area contributed by atoms with Crippen molar-refractivity contribution in [2.75, 3.05) is 5.32 Å². The Hall–Kier alpha value is -4.65. The molecule has 0 fully saturated rings. The molecule has 34 heavy (non-hydrogen) atoms. The number of aromatic nitrogens is 3.